The Hall–Kier alpha value is -4.99. The Balaban J connectivity index is 1.25. The molecule has 14 nitrogen and oxygen atoms in total. The zero-order valence-electron chi connectivity index (χ0n) is 32.1. The fraction of sp³-hybridized carbons (Fsp3) is 0.525. The minimum Gasteiger partial charge on any atom is -0.444 e. The normalized spacial score (nSPS) is 26.0. The number of alkyl carbamates (subject to hydrolysis) is 1. The van der Waals surface area contributed by atoms with E-state index in [1.165, 1.54) is 15.9 Å². The number of nitrogens with one attached hydrogen (secondary N) is 3. The van der Waals surface area contributed by atoms with Crippen LogP contribution in [-0.2, 0) is 52.7 Å². The first-order valence-corrected chi connectivity index (χ1v) is 20.7. The van der Waals surface area contributed by atoms with Gasteiger partial charge in [-0.05, 0) is 76.1 Å². The molecule has 5 amide bonds. The minimum absolute atomic E-state index is 0.0126. The lowest BCUT2D eigenvalue weighted by atomic mass is 10.0. The van der Waals surface area contributed by atoms with E-state index in [-0.39, 0.29) is 38.9 Å². The van der Waals surface area contributed by atoms with E-state index in [1.54, 1.807) is 70.2 Å². The second-order valence-electron chi connectivity index (χ2n) is 16.1. The fourth-order valence-electron chi connectivity index (χ4n) is 7.59. The van der Waals surface area contributed by atoms with Gasteiger partial charge in [0.15, 0.2) is 0 Å². The molecule has 1 saturated carbocycles. The van der Waals surface area contributed by atoms with Gasteiger partial charge in [0.25, 0.3) is 5.91 Å². The van der Waals surface area contributed by atoms with Gasteiger partial charge in [0, 0.05) is 24.4 Å². The second-order valence-corrected chi connectivity index (χ2v) is 17.9. The van der Waals surface area contributed by atoms with Gasteiger partial charge in [-0.3, -0.25) is 24.0 Å². The van der Waals surface area contributed by atoms with Crippen molar-refractivity contribution in [2.45, 2.75) is 121 Å². The van der Waals surface area contributed by atoms with Gasteiger partial charge in [0.05, 0.1) is 18.8 Å². The summed E-state index contributed by atoms with van der Waals surface area (Å²) in [5, 5.41) is 5.47. The second kappa shape index (κ2) is 16.2. The average molecular weight is 796 g/mol. The predicted molar refractivity (Wildman–Crippen MR) is 202 cm³/mol. The number of amides is 5. The van der Waals surface area contributed by atoms with Crippen LogP contribution in [0.1, 0.15) is 88.0 Å². The molecule has 0 aromatic heterocycles. The number of hydrogen-bond donors (Lipinski definition) is 3. The molecule has 2 fully saturated rings. The largest absolute Gasteiger partial charge is 0.444 e. The van der Waals surface area contributed by atoms with Crippen molar-refractivity contribution in [2.75, 3.05) is 6.54 Å². The van der Waals surface area contributed by atoms with Crippen LogP contribution in [0.15, 0.2) is 54.6 Å². The number of sulfonamides is 1. The third-order valence-electron chi connectivity index (χ3n) is 10.6. The Labute approximate surface area is 326 Å². The highest BCUT2D eigenvalue weighted by molar-refractivity contribution is 7.89. The van der Waals surface area contributed by atoms with E-state index in [4.69, 9.17) is 9.47 Å². The molecule has 2 aromatic carbocycles. The van der Waals surface area contributed by atoms with E-state index in [0.29, 0.717) is 36.0 Å². The summed E-state index contributed by atoms with van der Waals surface area (Å²) in [4.78, 5) is 71.6. The van der Waals surface area contributed by atoms with Gasteiger partial charge in [0.2, 0.25) is 21.8 Å². The summed E-state index contributed by atoms with van der Waals surface area (Å²) in [5.41, 5.74) is -0.205. The summed E-state index contributed by atoms with van der Waals surface area (Å²) in [6, 6.07) is 9.15. The average Bonchev–Trinajstić information content (AvgIpc) is 3.40. The molecule has 302 valence electrons. The molecule has 16 heteroatoms. The maximum atomic E-state index is 14.5. The van der Waals surface area contributed by atoms with Gasteiger partial charge >= 0.3 is 12.2 Å². The first-order chi connectivity index (χ1) is 26.4. The fourth-order valence-corrected chi connectivity index (χ4v) is 8.86. The first-order valence-electron chi connectivity index (χ1n) is 19.0. The zero-order chi connectivity index (χ0) is 40.4. The molecule has 5 atom stereocenters. The number of carbonyl (C=O) groups is 5. The highest BCUT2D eigenvalue weighted by Gasteiger charge is 2.61. The molecule has 1 saturated heterocycles. The lowest BCUT2D eigenvalue weighted by Gasteiger charge is -2.30. The van der Waals surface area contributed by atoms with Crippen molar-refractivity contribution in [3.8, 4) is 0 Å². The van der Waals surface area contributed by atoms with Crippen molar-refractivity contribution < 1.29 is 46.3 Å². The number of carbonyl (C=O) groups excluding carboxylic acids is 5. The SMILES string of the molecule is Cc1ccccc1CS(=O)(=O)NC(=O)[C@@]12C[C@H]1/C=C\CCCCC[C@H](NC(=O)OC(C)(C)C)C(=O)N1C[C@H](OC(=O)N3Cc4cccc(F)c4C3)C[C@H]1C(=O)N2. The van der Waals surface area contributed by atoms with Crippen LogP contribution >= 0.6 is 0 Å². The van der Waals surface area contributed by atoms with Crippen molar-refractivity contribution in [1.82, 2.24) is 25.2 Å². The van der Waals surface area contributed by atoms with Crippen molar-refractivity contribution >= 4 is 39.9 Å². The van der Waals surface area contributed by atoms with E-state index < -0.39 is 86.7 Å². The third kappa shape index (κ3) is 9.51. The molecule has 0 spiro atoms. The van der Waals surface area contributed by atoms with Crippen LogP contribution in [0, 0.1) is 18.7 Å². The molecule has 3 heterocycles. The Kier molecular flexibility index (Phi) is 11.8. The number of ether oxygens (including phenoxy) is 2. The van der Waals surface area contributed by atoms with Crippen LogP contribution in [-0.4, -0.2) is 84.0 Å². The van der Waals surface area contributed by atoms with E-state index in [1.807, 2.05) is 6.08 Å². The molecule has 1 aliphatic carbocycles. The Morgan fingerprint density at radius 3 is 2.54 bits per heavy atom. The Bertz CT molecular complexity index is 2020. The monoisotopic (exact) mass is 795 g/mol. The Morgan fingerprint density at radius 2 is 1.80 bits per heavy atom. The molecule has 3 N–H and O–H groups in total. The van der Waals surface area contributed by atoms with Crippen molar-refractivity contribution in [1.29, 1.82) is 0 Å². The predicted octanol–water partition coefficient (Wildman–Crippen LogP) is 4.49. The molecule has 4 aliphatic rings. The number of fused-ring (bicyclic) bond motifs is 3. The number of rotatable bonds is 6. The molecule has 2 aromatic rings. The summed E-state index contributed by atoms with van der Waals surface area (Å²) in [5.74, 6) is -3.67. The lowest BCUT2D eigenvalue weighted by Crippen LogP contribution is -2.58. The quantitative estimate of drug-likeness (QED) is 0.355. The van der Waals surface area contributed by atoms with Crippen LogP contribution in [0.25, 0.3) is 0 Å². The number of benzene rings is 2. The van der Waals surface area contributed by atoms with E-state index in [0.717, 1.165) is 12.0 Å². The third-order valence-corrected chi connectivity index (χ3v) is 11.8. The van der Waals surface area contributed by atoms with Crippen molar-refractivity contribution in [2.24, 2.45) is 5.92 Å². The number of allylic oxidation sites excluding steroid dienone is 1. The van der Waals surface area contributed by atoms with Gasteiger partial charge in [-0.15, -0.1) is 0 Å². The maximum Gasteiger partial charge on any atom is 0.410 e. The molecule has 0 unspecified atom stereocenters. The molecular formula is C40H50FN5O9S. The first kappa shape index (κ1) is 40.7. The molecule has 6 rings (SSSR count). The van der Waals surface area contributed by atoms with Gasteiger partial charge in [-0.2, -0.15) is 0 Å². The Morgan fingerprint density at radius 1 is 1.04 bits per heavy atom. The van der Waals surface area contributed by atoms with E-state index in [2.05, 4.69) is 15.4 Å². The number of nitrogens with zero attached hydrogens (tertiary/aromatic N) is 2. The summed E-state index contributed by atoms with van der Waals surface area (Å²) >= 11 is 0. The van der Waals surface area contributed by atoms with Crippen LogP contribution in [0.5, 0.6) is 0 Å². The van der Waals surface area contributed by atoms with Gasteiger partial charge < -0.3 is 25.0 Å². The highest BCUT2D eigenvalue weighted by atomic mass is 32.2. The van der Waals surface area contributed by atoms with Gasteiger partial charge in [-0.25, -0.2) is 22.4 Å². The highest BCUT2D eigenvalue weighted by Crippen LogP contribution is 2.46. The van der Waals surface area contributed by atoms with Crippen LogP contribution in [0.4, 0.5) is 14.0 Å². The van der Waals surface area contributed by atoms with Crippen molar-refractivity contribution in [3.63, 3.8) is 0 Å². The number of hydrogen-bond acceptors (Lipinski definition) is 9. The van der Waals surface area contributed by atoms with Crippen LogP contribution < -0.4 is 15.4 Å². The molecular weight excluding hydrogens is 746 g/mol. The molecule has 0 bridgehead atoms. The van der Waals surface area contributed by atoms with E-state index >= 15 is 0 Å². The number of aryl methyl sites for hydroxylation is 1. The van der Waals surface area contributed by atoms with Gasteiger partial charge in [-0.1, -0.05) is 61.4 Å². The molecule has 0 radical (unpaired) electrons. The summed E-state index contributed by atoms with van der Waals surface area (Å²) < 4.78 is 54.5. The summed E-state index contributed by atoms with van der Waals surface area (Å²) in [6.07, 6.45) is 4.00. The molecule has 3 aliphatic heterocycles. The summed E-state index contributed by atoms with van der Waals surface area (Å²) in [7, 11) is -4.19. The smallest absolute Gasteiger partial charge is 0.410 e. The van der Waals surface area contributed by atoms with Gasteiger partial charge in [0.1, 0.15) is 35.1 Å². The lowest BCUT2D eigenvalue weighted by molar-refractivity contribution is -0.141. The zero-order valence-corrected chi connectivity index (χ0v) is 33.0. The molecule has 56 heavy (non-hydrogen) atoms. The number of halogens is 1. The van der Waals surface area contributed by atoms with E-state index in [9.17, 15) is 36.8 Å². The summed E-state index contributed by atoms with van der Waals surface area (Å²) in [6.45, 7) is 6.73. The van der Waals surface area contributed by atoms with Crippen LogP contribution in [0.3, 0.4) is 0 Å². The van der Waals surface area contributed by atoms with Crippen molar-refractivity contribution in [3.05, 3.63) is 82.7 Å². The maximum absolute atomic E-state index is 14.5. The standard InChI is InChI=1S/C40H50FN5O9S/c1-25-13-10-11-14-27(25)24-56(52,53)44-36(49)40-20-28(40)16-8-6-5-7-9-18-32(42-37(50)55-39(2,3)4)35(48)46-22-29(19-33(46)34(47)43-40)54-38(51)45-21-26-15-12-17-31(41)30(26)23-45/h8,10-17,28-29,32-33H,5-7,9,18-24H2,1-4H3,(H,42,50)(H,43,47)(H,44,49)/b16-8-/t28-,29-,32+,33+,40-/m1/s1. The van der Waals surface area contributed by atoms with Crippen LogP contribution in [0.2, 0.25) is 0 Å². The minimum atomic E-state index is -4.19. The topological polar surface area (TPSA) is 181 Å².